The van der Waals surface area contributed by atoms with Crippen LogP contribution in [0.15, 0.2) is 35.9 Å². The summed E-state index contributed by atoms with van der Waals surface area (Å²) >= 11 is 6.06. The predicted octanol–water partition coefficient (Wildman–Crippen LogP) is 3.40. The zero-order valence-electron chi connectivity index (χ0n) is 10.7. The Labute approximate surface area is 120 Å². The van der Waals surface area contributed by atoms with Crippen LogP contribution in [0.3, 0.4) is 0 Å². The van der Waals surface area contributed by atoms with E-state index in [1.54, 1.807) is 0 Å². The zero-order valence-corrected chi connectivity index (χ0v) is 13.1. The number of carbonyl (C=O) groups is 1. The van der Waals surface area contributed by atoms with Crippen molar-refractivity contribution < 1.29 is 4.79 Å². The summed E-state index contributed by atoms with van der Waals surface area (Å²) in [6.45, 7) is 4.35. The monoisotopic (exact) mass is 328 g/mol. The molecular formula is C15H17ClOSe. The van der Waals surface area contributed by atoms with Crippen molar-refractivity contribution in [1.82, 2.24) is 0 Å². The van der Waals surface area contributed by atoms with Gasteiger partial charge in [0.25, 0.3) is 0 Å². The fourth-order valence-electron chi connectivity index (χ4n) is 2.33. The SMILES string of the molecule is CC1=CC[C@@](C=O)([Se]c2ccc(Cl)cc2)[C@@H](C)C1. The van der Waals surface area contributed by atoms with Crippen LogP contribution in [-0.4, -0.2) is 21.2 Å². The first-order chi connectivity index (χ1) is 8.55. The first kappa shape index (κ1) is 13.9. The van der Waals surface area contributed by atoms with Crippen LogP contribution in [0.5, 0.6) is 0 Å². The molecule has 2 atom stereocenters. The van der Waals surface area contributed by atoms with Gasteiger partial charge in [0.15, 0.2) is 0 Å². The van der Waals surface area contributed by atoms with E-state index in [-0.39, 0.29) is 19.3 Å². The average Bonchev–Trinajstić information content (AvgIpc) is 2.36. The average molecular weight is 328 g/mol. The van der Waals surface area contributed by atoms with Gasteiger partial charge in [-0.05, 0) is 0 Å². The van der Waals surface area contributed by atoms with Gasteiger partial charge in [-0.15, -0.1) is 0 Å². The number of hydrogen-bond acceptors (Lipinski definition) is 1. The number of carbonyl (C=O) groups excluding carboxylic acids is 1. The summed E-state index contributed by atoms with van der Waals surface area (Å²) < 4.78 is 1.07. The van der Waals surface area contributed by atoms with E-state index in [0.29, 0.717) is 5.92 Å². The molecule has 0 fully saturated rings. The third kappa shape index (κ3) is 2.88. The van der Waals surface area contributed by atoms with E-state index in [4.69, 9.17) is 11.6 Å². The van der Waals surface area contributed by atoms with Gasteiger partial charge < -0.3 is 0 Å². The van der Waals surface area contributed by atoms with E-state index in [1.165, 1.54) is 16.3 Å². The van der Waals surface area contributed by atoms with Crippen LogP contribution in [0, 0.1) is 5.92 Å². The van der Waals surface area contributed by atoms with Gasteiger partial charge >= 0.3 is 120 Å². The molecule has 96 valence electrons. The van der Waals surface area contributed by atoms with Crippen LogP contribution in [-0.2, 0) is 4.79 Å². The third-order valence-electron chi connectivity index (χ3n) is 3.55. The van der Waals surface area contributed by atoms with E-state index in [0.717, 1.165) is 17.9 Å². The molecule has 0 bridgehead atoms. The number of allylic oxidation sites excluding steroid dienone is 2. The zero-order chi connectivity index (χ0) is 13.2. The molecule has 0 aliphatic heterocycles. The van der Waals surface area contributed by atoms with Crippen molar-refractivity contribution in [3.05, 3.63) is 40.9 Å². The topological polar surface area (TPSA) is 17.1 Å². The third-order valence-corrected chi connectivity index (χ3v) is 7.06. The Morgan fingerprint density at radius 3 is 2.61 bits per heavy atom. The van der Waals surface area contributed by atoms with Gasteiger partial charge in [-0.3, -0.25) is 0 Å². The second-order valence-electron chi connectivity index (χ2n) is 4.99. The maximum atomic E-state index is 11.6. The molecule has 0 saturated carbocycles. The van der Waals surface area contributed by atoms with Crippen LogP contribution in [0.1, 0.15) is 26.7 Å². The number of halogens is 1. The molecule has 0 unspecified atom stereocenters. The Morgan fingerprint density at radius 1 is 1.39 bits per heavy atom. The number of aldehydes is 1. The Bertz CT molecular complexity index is 466. The molecule has 1 aromatic rings. The van der Waals surface area contributed by atoms with Gasteiger partial charge in [-0.25, -0.2) is 0 Å². The molecule has 0 amide bonds. The van der Waals surface area contributed by atoms with Gasteiger partial charge in [0.05, 0.1) is 0 Å². The van der Waals surface area contributed by atoms with Crippen molar-refractivity contribution >= 4 is 37.3 Å². The molecular weight excluding hydrogens is 311 g/mol. The summed E-state index contributed by atoms with van der Waals surface area (Å²) in [5, 5.41) is 0.752. The van der Waals surface area contributed by atoms with Crippen LogP contribution >= 0.6 is 11.6 Å². The van der Waals surface area contributed by atoms with E-state index in [1.807, 2.05) is 24.3 Å². The van der Waals surface area contributed by atoms with E-state index in [2.05, 4.69) is 19.9 Å². The molecule has 0 spiro atoms. The van der Waals surface area contributed by atoms with Gasteiger partial charge in [-0.1, -0.05) is 0 Å². The normalized spacial score (nSPS) is 27.7. The molecule has 1 nitrogen and oxygen atoms in total. The van der Waals surface area contributed by atoms with Crippen LogP contribution < -0.4 is 4.46 Å². The van der Waals surface area contributed by atoms with E-state index >= 15 is 0 Å². The Morgan fingerprint density at radius 2 is 2.06 bits per heavy atom. The van der Waals surface area contributed by atoms with Crippen molar-refractivity contribution in [3.8, 4) is 0 Å². The van der Waals surface area contributed by atoms with Crippen molar-refractivity contribution in [3.63, 3.8) is 0 Å². The molecule has 1 aliphatic carbocycles. The second-order valence-corrected chi connectivity index (χ2v) is 8.44. The summed E-state index contributed by atoms with van der Waals surface area (Å²) in [6.07, 6.45) is 5.33. The Balaban J connectivity index is 2.23. The molecule has 0 radical (unpaired) electrons. The fourth-order valence-corrected chi connectivity index (χ4v) is 4.99. The number of benzene rings is 1. The van der Waals surface area contributed by atoms with Gasteiger partial charge in [0.2, 0.25) is 0 Å². The number of hydrogen-bond donors (Lipinski definition) is 0. The van der Waals surface area contributed by atoms with Crippen molar-refractivity contribution in [2.45, 2.75) is 31.0 Å². The minimum absolute atomic E-state index is 0.163. The molecule has 0 aromatic heterocycles. The molecule has 3 heteroatoms. The van der Waals surface area contributed by atoms with Crippen LogP contribution in [0.25, 0.3) is 0 Å². The molecule has 0 N–H and O–H groups in total. The van der Waals surface area contributed by atoms with Crippen molar-refractivity contribution in [2.75, 3.05) is 0 Å². The molecule has 1 aliphatic rings. The molecule has 0 heterocycles. The van der Waals surface area contributed by atoms with Gasteiger partial charge in [-0.2, -0.15) is 0 Å². The minimum atomic E-state index is -0.180. The Kier molecular flexibility index (Phi) is 4.32. The fraction of sp³-hybridized carbons (Fsp3) is 0.400. The molecule has 0 saturated heterocycles. The second kappa shape index (κ2) is 5.61. The van der Waals surface area contributed by atoms with Crippen LogP contribution in [0.2, 0.25) is 9.34 Å². The summed E-state index contributed by atoms with van der Waals surface area (Å²) in [7, 11) is 0. The van der Waals surface area contributed by atoms with Crippen molar-refractivity contribution in [1.29, 1.82) is 0 Å². The molecule has 1 aromatic carbocycles. The van der Waals surface area contributed by atoms with E-state index < -0.39 is 0 Å². The van der Waals surface area contributed by atoms with Gasteiger partial charge in [0, 0.05) is 0 Å². The number of rotatable bonds is 3. The van der Waals surface area contributed by atoms with E-state index in [9.17, 15) is 4.79 Å². The summed E-state index contributed by atoms with van der Waals surface area (Å²) in [5.41, 5.74) is 1.41. The Hall–Kier alpha value is -0.561. The summed E-state index contributed by atoms with van der Waals surface area (Å²) in [5.74, 6) is 0.427. The quantitative estimate of drug-likeness (QED) is 0.472. The maximum absolute atomic E-state index is 11.6. The first-order valence-electron chi connectivity index (χ1n) is 6.12. The summed E-state index contributed by atoms with van der Waals surface area (Å²) in [4.78, 5) is 11.6. The molecule has 18 heavy (non-hydrogen) atoms. The molecule has 2 rings (SSSR count). The van der Waals surface area contributed by atoms with Gasteiger partial charge in [0.1, 0.15) is 0 Å². The standard InChI is InChI=1S/C15H17ClOSe/c1-11-7-8-15(10-17,12(2)9-11)18-14-5-3-13(16)4-6-14/h3-7,10,12H,8-9H2,1-2H3/t12-,15-/m0/s1. The van der Waals surface area contributed by atoms with Crippen molar-refractivity contribution in [2.24, 2.45) is 5.92 Å². The summed E-state index contributed by atoms with van der Waals surface area (Å²) in [6, 6.07) is 7.91. The first-order valence-corrected chi connectivity index (χ1v) is 8.21. The van der Waals surface area contributed by atoms with Crippen LogP contribution in [0.4, 0.5) is 0 Å². The predicted molar refractivity (Wildman–Crippen MR) is 77.8 cm³/mol.